The Bertz CT molecular complexity index is 895. The molecule has 7 heteroatoms. The topological polar surface area (TPSA) is 64.3 Å². The molecule has 134 valence electrons. The first-order valence-corrected chi connectivity index (χ1v) is 9.69. The van der Waals surface area contributed by atoms with Crippen LogP contribution in [0.25, 0.3) is 11.3 Å². The first-order chi connectivity index (χ1) is 12.7. The van der Waals surface area contributed by atoms with Crippen LogP contribution in [0.15, 0.2) is 46.2 Å². The van der Waals surface area contributed by atoms with E-state index in [0.717, 1.165) is 54.0 Å². The zero-order chi connectivity index (χ0) is 17.9. The Balaban J connectivity index is 1.44. The zero-order valence-corrected chi connectivity index (χ0v) is 15.6. The molecule has 0 bridgehead atoms. The lowest BCUT2D eigenvalue weighted by atomic mass is 10.1. The lowest BCUT2D eigenvalue weighted by Crippen LogP contribution is -2.31. The van der Waals surface area contributed by atoms with Crippen molar-refractivity contribution >= 4 is 11.8 Å². The van der Waals surface area contributed by atoms with Crippen molar-refractivity contribution in [1.29, 1.82) is 0 Å². The van der Waals surface area contributed by atoms with Gasteiger partial charge >= 0.3 is 0 Å². The number of hydrogen-bond donors (Lipinski definition) is 0. The van der Waals surface area contributed by atoms with Crippen LogP contribution >= 0.6 is 11.8 Å². The van der Waals surface area contributed by atoms with E-state index in [1.54, 1.807) is 18.9 Å². The minimum Gasteiger partial charge on any atom is -0.497 e. The van der Waals surface area contributed by atoms with Crippen molar-refractivity contribution in [2.75, 3.05) is 19.9 Å². The van der Waals surface area contributed by atoms with Crippen LogP contribution in [0.3, 0.4) is 0 Å². The molecule has 0 unspecified atom stereocenters. The second-order valence-corrected chi connectivity index (χ2v) is 6.97. The Labute approximate surface area is 156 Å². The third-order valence-corrected chi connectivity index (χ3v) is 5.05. The van der Waals surface area contributed by atoms with Gasteiger partial charge in [-0.3, -0.25) is 4.90 Å². The summed E-state index contributed by atoms with van der Waals surface area (Å²) >= 11 is 1.58. The van der Waals surface area contributed by atoms with Crippen LogP contribution in [0.1, 0.15) is 17.0 Å². The maximum absolute atomic E-state index is 5.52. The molecule has 0 spiro atoms. The molecule has 0 fully saturated rings. The van der Waals surface area contributed by atoms with Gasteiger partial charge in [-0.25, -0.2) is 9.97 Å². The quantitative estimate of drug-likeness (QED) is 0.505. The van der Waals surface area contributed by atoms with Crippen LogP contribution in [-0.4, -0.2) is 39.9 Å². The van der Waals surface area contributed by atoms with E-state index in [1.807, 2.05) is 42.8 Å². The Morgan fingerprint density at radius 3 is 2.88 bits per heavy atom. The SMILES string of the molecule is COc1ccc(-c2cc(CN3CCc4nc(SC)ncc4C3)no2)cc1. The number of hydrogen-bond acceptors (Lipinski definition) is 7. The highest BCUT2D eigenvalue weighted by molar-refractivity contribution is 7.98. The van der Waals surface area contributed by atoms with E-state index in [2.05, 4.69) is 20.0 Å². The molecule has 0 aliphatic carbocycles. The van der Waals surface area contributed by atoms with Crippen molar-refractivity contribution in [3.8, 4) is 17.1 Å². The third-order valence-electron chi connectivity index (χ3n) is 4.49. The van der Waals surface area contributed by atoms with Gasteiger partial charge in [0.25, 0.3) is 0 Å². The maximum Gasteiger partial charge on any atom is 0.187 e. The van der Waals surface area contributed by atoms with Gasteiger partial charge < -0.3 is 9.26 Å². The standard InChI is InChI=1S/C19H20N4O2S/c1-24-16-5-3-13(4-6-16)18-9-15(22-25-18)12-23-8-7-17-14(11-23)10-20-19(21-17)26-2/h3-6,9-10H,7-8,11-12H2,1-2H3. The van der Waals surface area contributed by atoms with Crippen LogP contribution in [0.4, 0.5) is 0 Å². The summed E-state index contributed by atoms with van der Waals surface area (Å²) < 4.78 is 10.7. The number of ether oxygens (including phenoxy) is 1. The lowest BCUT2D eigenvalue weighted by molar-refractivity contribution is 0.234. The average Bonchev–Trinajstić information content (AvgIpc) is 3.16. The number of aromatic nitrogens is 3. The van der Waals surface area contributed by atoms with E-state index in [-0.39, 0.29) is 0 Å². The third kappa shape index (κ3) is 3.59. The molecule has 1 aliphatic heterocycles. The van der Waals surface area contributed by atoms with E-state index in [4.69, 9.17) is 9.26 Å². The van der Waals surface area contributed by atoms with Gasteiger partial charge in [0.15, 0.2) is 10.9 Å². The van der Waals surface area contributed by atoms with Crippen molar-refractivity contribution in [3.05, 3.63) is 53.5 Å². The minimum absolute atomic E-state index is 0.753. The predicted octanol–water partition coefficient (Wildman–Crippen LogP) is 3.42. The van der Waals surface area contributed by atoms with Gasteiger partial charge in [0.05, 0.1) is 18.5 Å². The van der Waals surface area contributed by atoms with Gasteiger partial charge in [0, 0.05) is 49.4 Å². The molecular formula is C19H20N4O2S. The van der Waals surface area contributed by atoms with E-state index >= 15 is 0 Å². The largest absolute Gasteiger partial charge is 0.497 e. The van der Waals surface area contributed by atoms with E-state index in [0.29, 0.717) is 0 Å². The van der Waals surface area contributed by atoms with Gasteiger partial charge in [-0.1, -0.05) is 16.9 Å². The molecule has 3 aromatic rings. The smallest absolute Gasteiger partial charge is 0.187 e. The second-order valence-electron chi connectivity index (χ2n) is 6.20. The van der Waals surface area contributed by atoms with Crippen molar-refractivity contribution in [1.82, 2.24) is 20.0 Å². The van der Waals surface area contributed by atoms with Crippen molar-refractivity contribution in [3.63, 3.8) is 0 Å². The highest BCUT2D eigenvalue weighted by Crippen LogP contribution is 2.25. The fraction of sp³-hybridized carbons (Fsp3) is 0.316. The highest BCUT2D eigenvalue weighted by atomic mass is 32.2. The summed E-state index contributed by atoms with van der Waals surface area (Å²) in [7, 11) is 1.66. The van der Waals surface area contributed by atoms with E-state index in [1.165, 1.54) is 11.3 Å². The minimum atomic E-state index is 0.753. The highest BCUT2D eigenvalue weighted by Gasteiger charge is 2.20. The van der Waals surface area contributed by atoms with Crippen LogP contribution in [0.2, 0.25) is 0 Å². The Morgan fingerprint density at radius 2 is 2.12 bits per heavy atom. The molecule has 0 N–H and O–H groups in total. The Hall–Kier alpha value is -2.38. The first-order valence-electron chi connectivity index (χ1n) is 8.46. The number of rotatable bonds is 5. The first kappa shape index (κ1) is 17.1. The zero-order valence-electron chi connectivity index (χ0n) is 14.8. The van der Waals surface area contributed by atoms with Crippen molar-refractivity contribution in [2.24, 2.45) is 0 Å². The number of thioether (sulfide) groups is 1. The molecule has 3 heterocycles. The fourth-order valence-electron chi connectivity index (χ4n) is 3.10. The molecule has 4 rings (SSSR count). The molecule has 0 saturated heterocycles. The Morgan fingerprint density at radius 1 is 1.27 bits per heavy atom. The average molecular weight is 368 g/mol. The number of benzene rings is 1. The van der Waals surface area contributed by atoms with Gasteiger partial charge in [-0.05, 0) is 30.5 Å². The van der Waals surface area contributed by atoms with E-state index in [9.17, 15) is 0 Å². The fourth-order valence-corrected chi connectivity index (χ4v) is 3.46. The van der Waals surface area contributed by atoms with Crippen LogP contribution in [0, 0.1) is 0 Å². The van der Waals surface area contributed by atoms with Crippen LogP contribution in [0.5, 0.6) is 5.75 Å². The number of nitrogens with zero attached hydrogens (tertiary/aromatic N) is 4. The van der Waals surface area contributed by atoms with Gasteiger partial charge in [-0.15, -0.1) is 0 Å². The monoisotopic (exact) mass is 368 g/mol. The van der Waals surface area contributed by atoms with Crippen molar-refractivity contribution < 1.29 is 9.26 Å². The van der Waals surface area contributed by atoms with Gasteiger partial charge in [0.2, 0.25) is 0 Å². The molecule has 0 radical (unpaired) electrons. The van der Waals surface area contributed by atoms with Crippen molar-refractivity contribution in [2.45, 2.75) is 24.7 Å². The summed E-state index contributed by atoms with van der Waals surface area (Å²) in [6, 6.07) is 9.79. The predicted molar refractivity (Wildman–Crippen MR) is 100 cm³/mol. The molecule has 0 atom stereocenters. The molecule has 26 heavy (non-hydrogen) atoms. The lowest BCUT2D eigenvalue weighted by Gasteiger charge is -2.27. The normalized spacial score (nSPS) is 14.2. The molecule has 2 aromatic heterocycles. The van der Waals surface area contributed by atoms with E-state index < -0.39 is 0 Å². The molecule has 6 nitrogen and oxygen atoms in total. The number of methoxy groups -OCH3 is 1. The van der Waals surface area contributed by atoms with Crippen LogP contribution in [-0.2, 0) is 19.5 Å². The second kappa shape index (κ2) is 7.47. The van der Waals surface area contributed by atoms with Gasteiger partial charge in [0.1, 0.15) is 5.75 Å². The summed E-state index contributed by atoms with van der Waals surface area (Å²) in [4.78, 5) is 11.3. The Kier molecular flexibility index (Phi) is 4.90. The summed E-state index contributed by atoms with van der Waals surface area (Å²) in [6.45, 7) is 2.56. The summed E-state index contributed by atoms with van der Waals surface area (Å²) in [6.07, 6.45) is 4.89. The van der Waals surface area contributed by atoms with Gasteiger partial charge in [-0.2, -0.15) is 0 Å². The summed E-state index contributed by atoms with van der Waals surface area (Å²) in [5, 5.41) is 5.08. The summed E-state index contributed by atoms with van der Waals surface area (Å²) in [5.41, 5.74) is 4.29. The molecule has 0 amide bonds. The maximum atomic E-state index is 5.52. The molecule has 0 saturated carbocycles. The summed E-state index contributed by atoms with van der Waals surface area (Å²) in [5.74, 6) is 1.60. The number of fused-ring (bicyclic) bond motifs is 1. The van der Waals surface area contributed by atoms with Crippen LogP contribution < -0.4 is 4.74 Å². The molecule has 1 aromatic carbocycles. The molecule has 1 aliphatic rings. The molecular weight excluding hydrogens is 348 g/mol.